The van der Waals surface area contributed by atoms with Gasteiger partial charge in [-0.15, -0.1) is 0 Å². The van der Waals surface area contributed by atoms with E-state index in [1.807, 2.05) is 91.0 Å². The number of fused-ring (bicyclic) bond motifs is 9. The van der Waals surface area contributed by atoms with Gasteiger partial charge in [-0.25, -0.2) is 15.0 Å². The molecule has 0 atom stereocenters. The molecule has 0 saturated carbocycles. The van der Waals surface area contributed by atoms with Crippen LogP contribution in [0.2, 0.25) is 0 Å². The Morgan fingerprint density at radius 1 is 0.390 bits per heavy atom. The van der Waals surface area contributed by atoms with Crippen LogP contribution in [0.15, 0.2) is 186 Å². The Kier molecular flexibility index (Phi) is 7.16. The molecule has 0 saturated heterocycles. The summed E-state index contributed by atoms with van der Waals surface area (Å²) < 4.78 is 11.2. The molecule has 7 nitrogen and oxygen atoms in total. The summed E-state index contributed by atoms with van der Waals surface area (Å²) >= 11 is 0. The summed E-state index contributed by atoms with van der Waals surface area (Å²) in [6, 6.07) is 64.4. The molecule has 0 bridgehead atoms. The molecule has 7 heteroatoms. The molecule has 12 rings (SSSR count). The highest BCUT2D eigenvalue weighted by Gasteiger charge is 2.21. The van der Waals surface area contributed by atoms with Gasteiger partial charge in [-0.3, -0.25) is 0 Å². The minimum absolute atomic E-state index is 0.493. The van der Waals surface area contributed by atoms with E-state index in [9.17, 15) is 5.26 Å². The van der Waals surface area contributed by atoms with Gasteiger partial charge in [0.25, 0.3) is 0 Å². The van der Waals surface area contributed by atoms with Gasteiger partial charge in [0.15, 0.2) is 17.5 Å². The first kappa shape index (κ1) is 32.9. The van der Waals surface area contributed by atoms with Crippen LogP contribution >= 0.6 is 0 Å². The van der Waals surface area contributed by atoms with Gasteiger partial charge in [0.05, 0.1) is 33.3 Å². The fourth-order valence-electron chi connectivity index (χ4n) is 8.71. The SMILES string of the molecule is N#Cc1cc(-c2nc(-c3ccccc3)nc(-c3ccccc3)n2)ccc1-n1c2ccccc2c2cc3c(cc21)oc1cc2c(cc13)c1ccccc1n2-c1ccccc1. The molecule has 0 aliphatic rings. The lowest BCUT2D eigenvalue weighted by Gasteiger charge is -2.12. The molecule has 0 fully saturated rings. The maximum absolute atomic E-state index is 10.8. The van der Waals surface area contributed by atoms with Crippen molar-refractivity contribution < 1.29 is 4.42 Å². The highest BCUT2D eigenvalue weighted by Crippen LogP contribution is 2.42. The summed E-state index contributed by atoms with van der Waals surface area (Å²) in [5, 5.41) is 17.4. The summed E-state index contributed by atoms with van der Waals surface area (Å²) in [7, 11) is 0. The number of para-hydroxylation sites is 3. The molecule has 4 heterocycles. The Balaban J connectivity index is 1.05. The molecule has 59 heavy (non-hydrogen) atoms. The molecule has 0 spiro atoms. The van der Waals surface area contributed by atoms with Crippen LogP contribution < -0.4 is 0 Å². The van der Waals surface area contributed by atoms with Crippen LogP contribution in [0.25, 0.3) is 111 Å². The lowest BCUT2D eigenvalue weighted by atomic mass is 10.1. The number of furan rings is 1. The Labute approximate surface area is 337 Å². The van der Waals surface area contributed by atoms with Crippen molar-refractivity contribution in [1.29, 1.82) is 5.26 Å². The summed E-state index contributed by atoms with van der Waals surface area (Å²) in [6.45, 7) is 0. The molecule has 0 unspecified atom stereocenters. The van der Waals surface area contributed by atoms with Gasteiger partial charge < -0.3 is 13.6 Å². The Bertz CT molecular complexity index is 3610. The number of aromatic nitrogens is 5. The average Bonchev–Trinajstić information content (AvgIpc) is 3.94. The zero-order valence-electron chi connectivity index (χ0n) is 31.4. The first-order valence-electron chi connectivity index (χ1n) is 19.5. The van der Waals surface area contributed by atoms with Gasteiger partial charge in [0.1, 0.15) is 17.2 Å². The Morgan fingerprint density at radius 3 is 1.42 bits per heavy atom. The van der Waals surface area contributed by atoms with Crippen molar-refractivity contribution in [3.63, 3.8) is 0 Å². The molecule has 0 amide bonds. The van der Waals surface area contributed by atoms with Crippen molar-refractivity contribution in [2.24, 2.45) is 0 Å². The zero-order valence-corrected chi connectivity index (χ0v) is 31.4. The highest BCUT2D eigenvalue weighted by atomic mass is 16.3. The van der Waals surface area contributed by atoms with Crippen LogP contribution in [-0.2, 0) is 0 Å². The molecular weight excluding hydrogens is 725 g/mol. The van der Waals surface area contributed by atoms with E-state index in [1.165, 1.54) is 10.8 Å². The molecule has 0 radical (unpaired) electrons. The Morgan fingerprint density at radius 2 is 0.864 bits per heavy atom. The maximum atomic E-state index is 10.8. The summed E-state index contributed by atoms with van der Waals surface area (Å²) in [5.74, 6) is 1.63. The number of hydrogen-bond acceptors (Lipinski definition) is 5. The number of nitriles is 1. The largest absolute Gasteiger partial charge is 0.456 e. The Hall–Kier alpha value is -8.34. The third kappa shape index (κ3) is 5.10. The number of rotatable bonds is 5. The van der Waals surface area contributed by atoms with E-state index in [1.54, 1.807) is 0 Å². The van der Waals surface area contributed by atoms with Crippen molar-refractivity contribution in [3.05, 3.63) is 188 Å². The van der Waals surface area contributed by atoms with Gasteiger partial charge >= 0.3 is 0 Å². The standard InChI is InChI=1S/C52H30N6O/c53-31-35-26-34(52-55-50(32-14-4-1-5-15-32)54-51(56-52)33-16-6-2-7-17-33)24-25-43(35)58-45-23-13-11-21-38(45)40-28-42-41-27-39-37-20-10-12-22-44(37)57(36-18-8-3-9-19-36)46(39)29-48(41)59-49(42)30-47(40)58/h1-30H. The van der Waals surface area contributed by atoms with Crippen molar-refractivity contribution in [2.75, 3.05) is 0 Å². The van der Waals surface area contributed by atoms with Gasteiger partial charge in [-0.2, -0.15) is 5.26 Å². The molecule has 12 aromatic rings. The minimum Gasteiger partial charge on any atom is -0.456 e. The third-order valence-corrected chi connectivity index (χ3v) is 11.4. The zero-order chi connectivity index (χ0) is 39.0. The quantitative estimate of drug-likeness (QED) is 0.175. The third-order valence-electron chi connectivity index (χ3n) is 11.4. The summed E-state index contributed by atoms with van der Waals surface area (Å²) in [5.41, 5.74) is 10.6. The number of hydrogen-bond donors (Lipinski definition) is 0. The molecule has 8 aromatic carbocycles. The van der Waals surface area contributed by atoms with Crippen molar-refractivity contribution >= 4 is 65.6 Å². The number of nitrogens with zero attached hydrogens (tertiary/aromatic N) is 6. The van der Waals surface area contributed by atoms with Crippen LogP contribution in [0.5, 0.6) is 0 Å². The van der Waals surface area contributed by atoms with Crippen molar-refractivity contribution in [3.8, 4) is 51.6 Å². The van der Waals surface area contributed by atoms with E-state index < -0.39 is 0 Å². The molecule has 0 aliphatic heterocycles. The summed E-state index contributed by atoms with van der Waals surface area (Å²) in [6.07, 6.45) is 0. The predicted octanol–water partition coefficient (Wildman–Crippen LogP) is 12.8. The van der Waals surface area contributed by atoms with E-state index in [2.05, 4.69) is 106 Å². The van der Waals surface area contributed by atoms with Gasteiger partial charge in [0.2, 0.25) is 0 Å². The van der Waals surface area contributed by atoms with Crippen molar-refractivity contribution in [2.45, 2.75) is 0 Å². The minimum atomic E-state index is 0.493. The van der Waals surface area contributed by atoms with Crippen LogP contribution in [0.4, 0.5) is 0 Å². The second kappa shape index (κ2) is 12.8. The van der Waals surface area contributed by atoms with Crippen LogP contribution in [-0.4, -0.2) is 24.1 Å². The van der Waals surface area contributed by atoms with Crippen LogP contribution in [0, 0.1) is 11.3 Å². The van der Waals surface area contributed by atoms with Gasteiger partial charge in [0, 0.05) is 66.8 Å². The summed E-state index contributed by atoms with van der Waals surface area (Å²) in [4.78, 5) is 14.7. The second-order valence-corrected chi connectivity index (χ2v) is 14.8. The molecular formula is C52H30N6O. The lowest BCUT2D eigenvalue weighted by Crippen LogP contribution is -2.02. The lowest BCUT2D eigenvalue weighted by molar-refractivity contribution is 0.669. The van der Waals surface area contributed by atoms with E-state index in [0.717, 1.165) is 82.8 Å². The van der Waals surface area contributed by atoms with Crippen LogP contribution in [0.3, 0.4) is 0 Å². The van der Waals surface area contributed by atoms with Crippen molar-refractivity contribution in [1.82, 2.24) is 24.1 Å². The topological polar surface area (TPSA) is 85.5 Å². The fourth-order valence-corrected chi connectivity index (χ4v) is 8.71. The smallest absolute Gasteiger partial charge is 0.164 e. The van der Waals surface area contributed by atoms with E-state index in [-0.39, 0.29) is 0 Å². The average molecular weight is 755 g/mol. The van der Waals surface area contributed by atoms with E-state index in [4.69, 9.17) is 19.4 Å². The second-order valence-electron chi connectivity index (χ2n) is 14.8. The first-order valence-corrected chi connectivity index (χ1v) is 19.5. The maximum Gasteiger partial charge on any atom is 0.164 e. The monoisotopic (exact) mass is 754 g/mol. The fraction of sp³-hybridized carbons (Fsp3) is 0. The van der Waals surface area contributed by atoms with E-state index in [0.29, 0.717) is 23.0 Å². The van der Waals surface area contributed by atoms with Gasteiger partial charge in [-0.1, -0.05) is 115 Å². The normalized spacial score (nSPS) is 11.7. The molecule has 274 valence electrons. The predicted molar refractivity (Wildman–Crippen MR) is 237 cm³/mol. The molecule has 4 aromatic heterocycles. The van der Waals surface area contributed by atoms with Gasteiger partial charge in [-0.05, 0) is 54.6 Å². The van der Waals surface area contributed by atoms with E-state index >= 15 is 0 Å². The number of benzene rings is 8. The molecule has 0 aliphatic carbocycles. The first-order chi connectivity index (χ1) is 29.2. The highest BCUT2D eigenvalue weighted by molar-refractivity contribution is 6.21. The van der Waals surface area contributed by atoms with Crippen LogP contribution in [0.1, 0.15) is 5.56 Å². The molecule has 0 N–H and O–H groups in total.